The van der Waals surface area contributed by atoms with Crippen LogP contribution >= 0.6 is 0 Å². The number of nitrogens with zero attached hydrogens (tertiary/aromatic N) is 2. The van der Waals surface area contributed by atoms with Gasteiger partial charge < -0.3 is 9.73 Å². The Morgan fingerprint density at radius 2 is 1.77 bits per heavy atom. The van der Waals surface area contributed by atoms with Crippen molar-refractivity contribution >= 4 is 15.7 Å². The van der Waals surface area contributed by atoms with E-state index in [2.05, 4.69) is 16.4 Å². The molecule has 1 aliphatic rings. The zero-order chi connectivity index (χ0) is 21.1. The van der Waals surface area contributed by atoms with Crippen LogP contribution in [0.1, 0.15) is 49.9 Å². The number of oxazole rings is 1. The average Bonchev–Trinajstić information content (AvgIpc) is 3.45. The van der Waals surface area contributed by atoms with Crippen LogP contribution in [0, 0.1) is 11.3 Å². The second-order valence-corrected chi connectivity index (χ2v) is 9.79. The number of sulfone groups is 1. The Bertz CT molecular complexity index is 1160. The first-order valence-electron chi connectivity index (χ1n) is 10.1. The molecular formula is C23H23N3O3S. The van der Waals surface area contributed by atoms with Crippen molar-refractivity contribution in [3.05, 3.63) is 65.9 Å². The van der Waals surface area contributed by atoms with Crippen molar-refractivity contribution in [1.29, 1.82) is 5.26 Å². The molecule has 1 unspecified atom stereocenters. The van der Waals surface area contributed by atoms with Crippen LogP contribution in [0.15, 0.2) is 63.9 Å². The van der Waals surface area contributed by atoms with Gasteiger partial charge in [0, 0.05) is 5.56 Å². The molecule has 1 heterocycles. The molecule has 0 bridgehead atoms. The lowest BCUT2D eigenvalue weighted by Gasteiger charge is -2.13. The molecule has 1 aromatic heterocycles. The maximum atomic E-state index is 12.8. The van der Waals surface area contributed by atoms with Crippen LogP contribution in [0.3, 0.4) is 0 Å². The molecular weight excluding hydrogens is 398 g/mol. The van der Waals surface area contributed by atoms with E-state index in [0.717, 1.165) is 31.2 Å². The van der Waals surface area contributed by atoms with Gasteiger partial charge in [-0.3, -0.25) is 0 Å². The summed E-state index contributed by atoms with van der Waals surface area (Å²) in [7, 11) is -3.31. The predicted octanol–water partition coefficient (Wildman–Crippen LogP) is 5.10. The van der Waals surface area contributed by atoms with Crippen molar-refractivity contribution < 1.29 is 12.8 Å². The molecule has 1 N–H and O–H groups in total. The quantitative estimate of drug-likeness (QED) is 0.595. The summed E-state index contributed by atoms with van der Waals surface area (Å²) in [5.74, 6) is 0.575. The van der Waals surface area contributed by atoms with E-state index < -0.39 is 9.84 Å². The van der Waals surface area contributed by atoms with Gasteiger partial charge in [0.15, 0.2) is 9.84 Å². The summed E-state index contributed by atoms with van der Waals surface area (Å²) in [4.78, 5) is 4.60. The molecule has 7 heteroatoms. The van der Waals surface area contributed by atoms with Gasteiger partial charge >= 0.3 is 0 Å². The standard InChI is InChI=1S/C23H23N3O3S/c1-16(17-7-3-2-4-8-17)25-23-21(15-24)26-22(29-23)18-11-13-20(14-12-18)30(27,28)19-9-5-6-10-19/h2-4,7-8,11-14,16,19,25H,5-6,9-10H2,1H3. The predicted molar refractivity (Wildman–Crippen MR) is 115 cm³/mol. The largest absolute Gasteiger partial charge is 0.419 e. The van der Waals surface area contributed by atoms with Gasteiger partial charge in [-0.2, -0.15) is 10.2 Å². The third kappa shape index (κ3) is 3.96. The maximum Gasteiger partial charge on any atom is 0.233 e. The van der Waals surface area contributed by atoms with E-state index in [1.54, 1.807) is 24.3 Å². The molecule has 0 saturated heterocycles. The lowest BCUT2D eigenvalue weighted by Crippen LogP contribution is -2.17. The first-order valence-corrected chi connectivity index (χ1v) is 11.6. The minimum atomic E-state index is -3.31. The van der Waals surface area contributed by atoms with Crippen LogP contribution in [0.2, 0.25) is 0 Å². The van der Waals surface area contributed by atoms with Crippen molar-refractivity contribution in [2.24, 2.45) is 0 Å². The molecule has 0 aliphatic heterocycles. The van der Waals surface area contributed by atoms with Gasteiger partial charge in [0.05, 0.1) is 16.2 Å². The maximum absolute atomic E-state index is 12.8. The van der Waals surface area contributed by atoms with E-state index >= 15 is 0 Å². The van der Waals surface area contributed by atoms with Crippen molar-refractivity contribution in [1.82, 2.24) is 4.98 Å². The molecule has 1 atom stereocenters. The highest BCUT2D eigenvalue weighted by atomic mass is 32.2. The summed E-state index contributed by atoms with van der Waals surface area (Å²) in [6, 6.07) is 18.4. The highest BCUT2D eigenvalue weighted by molar-refractivity contribution is 7.92. The summed E-state index contributed by atoms with van der Waals surface area (Å²) in [6.45, 7) is 1.97. The van der Waals surface area contributed by atoms with E-state index in [0.29, 0.717) is 16.3 Å². The minimum absolute atomic E-state index is 0.0713. The smallest absolute Gasteiger partial charge is 0.233 e. The normalized spacial score (nSPS) is 15.6. The van der Waals surface area contributed by atoms with Gasteiger partial charge in [-0.05, 0) is 49.6 Å². The number of hydrogen-bond donors (Lipinski definition) is 1. The van der Waals surface area contributed by atoms with Gasteiger partial charge in [0.2, 0.25) is 17.5 Å². The Labute approximate surface area is 176 Å². The van der Waals surface area contributed by atoms with E-state index in [1.807, 2.05) is 37.3 Å². The van der Waals surface area contributed by atoms with Crippen LogP contribution in [-0.4, -0.2) is 18.7 Å². The lowest BCUT2D eigenvalue weighted by molar-refractivity contribution is 0.576. The minimum Gasteiger partial charge on any atom is -0.419 e. The molecule has 1 aliphatic carbocycles. The number of aromatic nitrogens is 1. The van der Waals surface area contributed by atoms with Crippen molar-refractivity contribution in [3.8, 4) is 17.5 Å². The molecule has 0 radical (unpaired) electrons. The number of anilines is 1. The first-order chi connectivity index (χ1) is 14.5. The van der Waals surface area contributed by atoms with Crippen molar-refractivity contribution in [2.45, 2.75) is 48.8 Å². The highest BCUT2D eigenvalue weighted by Gasteiger charge is 2.30. The molecule has 0 amide bonds. The molecule has 154 valence electrons. The van der Waals surface area contributed by atoms with Gasteiger partial charge in [0.1, 0.15) is 6.07 Å². The fourth-order valence-electron chi connectivity index (χ4n) is 3.82. The Kier molecular flexibility index (Phi) is 5.60. The van der Waals surface area contributed by atoms with Crippen molar-refractivity contribution in [3.63, 3.8) is 0 Å². The van der Waals surface area contributed by atoms with Crippen LogP contribution in [0.5, 0.6) is 0 Å². The Morgan fingerprint density at radius 1 is 1.10 bits per heavy atom. The fraction of sp³-hybridized carbons (Fsp3) is 0.304. The topological polar surface area (TPSA) is 96.0 Å². The monoisotopic (exact) mass is 421 g/mol. The summed E-state index contributed by atoms with van der Waals surface area (Å²) < 4.78 is 31.3. The zero-order valence-electron chi connectivity index (χ0n) is 16.7. The molecule has 2 aromatic carbocycles. The lowest BCUT2D eigenvalue weighted by atomic mass is 10.1. The number of nitrogens with one attached hydrogen (secondary N) is 1. The van der Waals surface area contributed by atoms with E-state index in [1.165, 1.54) is 0 Å². The van der Waals surface area contributed by atoms with Gasteiger partial charge in [0.25, 0.3) is 0 Å². The van der Waals surface area contributed by atoms with Crippen LogP contribution in [-0.2, 0) is 9.84 Å². The number of hydrogen-bond acceptors (Lipinski definition) is 6. The number of benzene rings is 2. The van der Waals surface area contributed by atoms with E-state index in [9.17, 15) is 13.7 Å². The van der Waals surface area contributed by atoms with E-state index in [4.69, 9.17) is 4.42 Å². The Balaban J connectivity index is 1.57. The Morgan fingerprint density at radius 3 is 2.40 bits per heavy atom. The van der Waals surface area contributed by atoms with Crippen LogP contribution < -0.4 is 5.32 Å². The Hall–Kier alpha value is -3.11. The highest BCUT2D eigenvalue weighted by Crippen LogP contribution is 2.32. The molecule has 3 aromatic rings. The second kappa shape index (κ2) is 8.33. The third-order valence-electron chi connectivity index (χ3n) is 5.55. The molecule has 30 heavy (non-hydrogen) atoms. The molecule has 1 saturated carbocycles. The third-order valence-corrected chi connectivity index (χ3v) is 7.83. The van der Waals surface area contributed by atoms with Crippen molar-refractivity contribution in [2.75, 3.05) is 5.32 Å². The summed E-state index contributed by atoms with van der Waals surface area (Å²) in [6.07, 6.45) is 3.38. The second-order valence-electron chi connectivity index (χ2n) is 7.56. The number of nitriles is 1. The van der Waals surface area contributed by atoms with E-state index in [-0.39, 0.29) is 22.9 Å². The fourth-order valence-corrected chi connectivity index (χ4v) is 5.67. The molecule has 4 rings (SSSR count). The van der Waals surface area contributed by atoms with Gasteiger partial charge in [-0.25, -0.2) is 8.42 Å². The summed E-state index contributed by atoms with van der Waals surface area (Å²) in [5.41, 5.74) is 1.84. The van der Waals surface area contributed by atoms with Gasteiger partial charge in [-0.15, -0.1) is 0 Å². The summed E-state index contributed by atoms with van der Waals surface area (Å²) >= 11 is 0. The molecule has 0 spiro atoms. The average molecular weight is 422 g/mol. The van der Waals surface area contributed by atoms with Crippen LogP contribution in [0.25, 0.3) is 11.5 Å². The van der Waals surface area contributed by atoms with Crippen LogP contribution in [0.4, 0.5) is 5.88 Å². The first kappa shape index (κ1) is 20.2. The molecule has 1 fully saturated rings. The summed E-state index contributed by atoms with van der Waals surface area (Å²) in [5, 5.41) is 12.3. The SMILES string of the molecule is CC(Nc1oc(-c2ccc(S(=O)(=O)C3CCCC3)cc2)nc1C#N)c1ccccc1. The molecule has 6 nitrogen and oxygen atoms in total. The zero-order valence-corrected chi connectivity index (χ0v) is 17.5. The van der Waals surface area contributed by atoms with Gasteiger partial charge in [-0.1, -0.05) is 43.2 Å². The number of rotatable bonds is 6.